The van der Waals surface area contributed by atoms with Crippen LogP contribution in [0.4, 0.5) is 0 Å². The minimum absolute atomic E-state index is 0.0911. The van der Waals surface area contributed by atoms with Crippen LogP contribution in [0.1, 0.15) is 88.7 Å². The number of hydrogen-bond acceptors (Lipinski definition) is 1. The van der Waals surface area contributed by atoms with Crippen LogP contribution in [0.25, 0.3) is 21.6 Å². The normalized spacial score (nSPS) is 13.5. The Morgan fingerprint density at radius 2 is 1.19 bits per heavy atom. The van der Waals surface area contributed by atoms with E-state index in [9.17, 15) is 0 Å². The molecule has 0 saturated carbocycles. The molecule has 0 amide bonds. The Labute approximate surface area is 203 Å². The van der Waals surface area contributed by atoms with Gasteiger partial charge in [-0.3, -0.25) is 0 Å². The van der Waals surface area contributed by atoms with Gasteiger partial charge in [-0.15, -0.1) is 0 Å². The molecule has 0 aromatic heterocycles. The van der Waals surface area contributed by atoms with E-state index in [4.69, 9.17) is 5.53 Å². The van der Waals surface area contributed by atoms with Crippen LogP contribution >= 0.6 is 31.9 Å². The Morgan fingerprint density at radius 1 is 0.742 bits per heavy atom. The lowest BCUT2D eigenvalue weighted by atomic mass is 9.76. The Kier molecular flexibility index (Phi) is 9.49. The predicted molar refractivity (Wildman–Crippen MR) is 139 cm³/mol. The third kappa shape index (κ3) is 6.37. The average Bonchev–Trinajstić information content (AvgIpc) is 2.99. The van der Waals surface area contributed by atoms with E-state index in [2.05, 4.69) is 85.2 Å². The van der Waals surface area contributed by atoms with E-state index in [1.54, 1.807) is 0 Å². The number of nitrogens with zero attached hydrogens (tertiary/aromatic N) is 3. The van der Waals surface area contributed by atoms with Crippen molar-refractivity contribution in [1.29, 1.82) is 0 Å². The molecule has 5 heteroatoms. The van der Waals surface area contributed by atoms with Gasteiger partial charge in [0, 0.05) is 25.8 Å². The fraction of sp³-hybridized carbons (Fsp3) is 0.538. The molecule has 0 N–H and O–H groups in total. The molecule has 0 heterocycles. The number of unbranched alkanes of at least 4 members (excludes halogenated alkanes) is 9. The molecule has 166 valence electrons. The first kappa shape index (κ1) is 24.4. The molecule has 0 spiro atoms. The minimum Gasteiger partial charge on any atom is -0.0940 e. The summed E-state index contributed by atoms with van der Waals surface area (Å²) in [6.07, 6.45) is 13.9. The van der Waals surface area contributed by atoms with Crippen molar-refractivity contribution in [2.45, 2.75) is 83.0 Å². The number of fused-ring (bicyclic) bond motifs is 3. The number of rotatable bonds is 13. The molecule has 0 aliphatic heterocycles. The summed E-state index contributed by atoms with van der Waals surface area (Å²) in [6, 6.07) is 13.5. The van der Waals surface area contributed by atoms with Crippen molar-refractivity contribution < 1.29 is 0 Å². The van der Waals surface area contributed by atoms with Crippen LogP contribution in [0.3, 0.4) is 0 Å². The second-order valence-corrected chi connectivity index (χ2v) is 10.8. The molecule has 1 aliphatic carbocycles. The summed E-state index contributed by atoms with van der Waals surface area (Å²) in [6.45, 7) is 3.08. The van der Waals surface area contributed by atoms with Crippen molar-refractivity contribution in [3.63, 3.8) is 0 Å². The van der Waals surface area contributed by atoms with Crippen molar-refractivity contribution in [2.75, 3.05) is 6.54 Å². The lowest BCUT2D eigenvalue weighted by Crippen LogP contribution is -2.20. The number of benzene rings is 2. The van der Waals surface area contributed by atoms with Gasteiger partial charge < -0.3 is 0 Å². The molecule has 0 saturated heterocycles. The first-order valence-electron chi connectivity index (χ1n) is 11.7. The quantitative estimate of drug-likeness (QED) is 0.104. The van der Waals surface area contributed by atoms with Crippen molar-refractivity contribution in [3.8, 4) is 11.1 Å². The fourth-order valence-corrected chi connectivity index (χ4v) is 5.67. The van der Waals surface area contributed by atoms with Crippen LogP contribution in [0.2, 0.25) is 0 Å². The van der Waals surface area contributed by atoms with Gasteiger partial charge in [0.25, 0.3) is 0 Å². The van der Waals surface area contributed by atoms with Crippen molar-refractivity contribution in [3.05, 3.63) is 66.9 Å². The number of hydrogen-bond donors (Lipinski definition) is 0. The van der Waals surface area contributed by atoms with E-state index in [-0.39, 0.29) is 5.41 Å². The molecule has 31 heavy (non-hydrogen) atoms. The zero-order valence-corrected chi connectivity index (χ0v) is 21.7. The van der Waals surface area contributed by atoms with Gasteiger partial charge in [-0.25, -0.2) is 0 Å². The van der Waals surface area contributed by atoms with Gasteiger partial charge in [-0.05, 0) is 64.9 Å². The van der Waals surface area contributed by atoms with E-state index in [1.807, 2.05) is 0 Å². The summed E-state index contributed by atoms with van der Waals surface area (Å²) in [5.74, 6) is 0. The smallest absolute Gasteiger partial charge is 0.0257 e. The van der Waals surface area contributed by atoms with Crippen LogP contribution in [0.5, 0.6) is 0 Å². The zero-order valence-electron chi connectivity index (χ0n) is 18.5. The molecular formula is C26H33Br2N3. The molecule has 0 bridgehead atoms. The largest absolute Gasteiger partial charge is 0.0940 e. The van der Waals surface area contributed by atoms with Crippen LogP contribution in [0, 0.1) is 0 Å². The van der Waals surface area contributed by atoms with Gasteiger partial charge in [0.05, 0.1) is 0 Å². The highest BCUT2D eigenvalue weighted by atomic mass is 79.9. The Balaban J connectivity index is 1.42. The highest BCUT2D eigenvalue weighted by molar-refractivity contribution is 9.10. The zero-order chi connectivity index (χ0) is 22.1. The van der Waals surface area contributed by atoms with E-state index in [1.165, 1.54) is 95.4 Å². The van der Waals surface area contributed by atoms with Gasteiger partial charge in [0.2, 0.25) is 0 Å². The first-order chi connectivity index (χ1) is 15.1. The van der Waals surface area contributed by atoms with E-state index >= 15 is 0 Å². The Bertz CT molecular complexity index is 867. The van der Waals surface area contributed by atoms with Crippen molar-refractivity contribution in [2.24, 2.45) is 5.11 Å². The van der Waals surface area contributed by atoms with E-state index in [0.717, 1.165) is 6.42 Å². The lowest BCUT2D eigenvalue weighted by molar-refractivity contribution is 0.476. The topological polar surface area (TPSA) is 48.8 Å². The second-order valence-electron chi connectivity index (χ2n) is 8.95. The lowest BCUT2D eigenvalue weighted by Gasteiger charge is -2.28. The highest BCUT2D eigenvalue weighted by Crippen LogP contribution is 2.52. The first-order valence-corrected chi connectivity index (χ1v) is 13.3. The Hall–Kier alpha value is -1.29. The molecule has 3 rings (SSSR count). The summed E-state index contributed by atoms with van der Waals surface area (Å²) in [5, 5.41) is 3.59. The van der Waals surface area contributed by atoms with Gasteiger partial charge in [-0.1, -0.05) is 114 Å². The predicted octanol–water partition coefficient (Wildman–Crippen LogP) is 10.1. The van der Waals surface area contributed by atoms with E-state index < -0.39 is 0 Å². The SMILES string of the molecule is CC1(CCCCCCCCCCCCN=[N+]=[N-])c2cc(Br)ccc2-c2ccc(Br)cc21. The second kappa shape index (κ2) is 12.1. The molecule has 1 aliphatic rings. The summed E-state index contributed by atoms with van der Waals surface area (Å²) < 4.78 is 2.34. The molecule has 3 nitrogen and oxygen atoms in total. The number of azide groups is 1. The van der Waals surface area contributed by atoms with Gasteiger partial charge >= 0.3 is 0 Å². The van der Waals surface area contributed by atoms with Crippen molar-refractivity contribution >= 4 is 31.9 Å². The maximum atomic E-state index is 8.27. The molecule has 2 aromatic rings. The maximum absolute atomic E-state index is 8.27. The van der Waals surface area contributed by atoms with Crippen molar-refractivity contribution in [1.82, 2.24) is 0 Å². The van der Waals surface area contributed by atoms with Gasteiger partial charge in [0.1, 0.15) is 0 Å². The fourth-order valence-electron chi connectivity index (χ4n) is 4.95. The molecule has 0 atom stereocenters. The van der Waals surface area contributed by atoms with Crippen LogP contribution in [-0.2, 0) is 5.41 Å². The highest BCUT2D eigenvalue weighted by Gasteiger charge is 2.38. The summed E-state index contributed by atoms with van der Waals surface area (Å²) in [7, 11) is 0. The average molecular weight is 547 g/mol. The van der Waals surface area contributed by atoms with E-state index in [0.29, 0.717) is 6.54 Å². The van der Waals surface area contributed by atoms with Gasteiger partial charge in [-0.2, -0.15) is 0 Å². The third-order valence-corrected chi connectivity index (χ3v) is 7.68. The maximum Gasteiger partial charge on any atom is 0.0257 e. The third-order valence-electron chi connectivity index (χ3n) is 6.69. The molecular weight excluding hydrogens is 514 g/mol. The number of halogens is 2. The van der Waals surface area contributed by atoms with Crippen LogP contribution < -0.4 is 0 Å². The summed E-state index contributed by atoms with van der Waals surface area (Å²) in [5.41, 5.74) is 14.1. The minimum atomic E-state index is 0.0911. The monoisotopic (exact) mass is 545 g/mol. The molecule has 0 radical (unpaired) electrons. The standard InChI is InChI=1S/C26H33Br2N3/c1-26(16-10-8-6-4-2-3-5-7-9-11-17-30-31-29)24-18-20(27)12-14-22(24)23-15-13-21(28)19-25(23)26/h12-15,18-19H,2-11,16-17H2,1H3. The Morgan fingerprint density at radius 3 is 1.68 bits per heavy atom. The molecule has 2 aromatic carbocycles. The van der Waals surface area contributed by atoms with Crippen LogP contribution in [-0.4, -0.2) is 6.54 Å². The van der Waals surface area contributed by atoms with Crippen LogP contribution in [0.15, 0.2) is 50.5 Å². The molecule has 0 fully saturated rings. The summed E-state index contributed by atoms with van der Waals surface area (Å²) >= 11 is 7.38. The summed E-state index contributed by atoms with van der Waals surface area (Å²) in [4.78, 5) is 2.80. The molecule has 0 unspecified atom stereocenters. The van der Waals surface area contributed by atoms with Gasteiger partial charge in [0.15, 0.2) is 0 Å².